The molecule has 0 bridgehead atoms. The third-order valence-corrected chi connectivity index (χ3v) is 3.75. The van der Waals surface area contributed by atoms with Gasteiger partial charge in [-0.15, -0.1) is 11.3 Å². The van der Waals surface area contributed by atoms with Gasteiger partial charge < -0.3 is 21.5 Å². The van der Waals surface area contributed by atoms with Crippen molar-refractivity contribution in [3.05, 3.63) is 11.1 Å². The Morgan fingerprint density at radius 1 is 1.78 bits per heavy atom. The van der Waals surface area contributed by atoms with Gasteiger partial charge in [-0.2, -0.15) is 11.8 Å². The Bertz CT molecular complexity index is 423. The number of hydrogen-bond acceptors (Lipinski definition) is 7. The van der Waals surface area contributed by atoms with Crippen LogP contribution in [0.3, 0.4) is 0 Å². The summed E-state index contributed by atoms with van der Waals surface area (Å²) in [5, 5.41) is 12.1. The molecule has 0 spiro atoms. The molecule has 100 valence electrons. The van der Waals surface area contributed by atoms with Crippen LogP contribution < -0.4 is 16.8 Å². The highest BCUT2D eigenvalue weighted by atomic mass is 32.2. The summed E-state index contributed by atoms with van der Waals surface area (Å²) in [6, 6.07) is -0.617. The van der Waals surface area contributed by atoms with Gasteiger partial charge in [0.2, 0.25) is 0 Å². The molecule has 0 aliphatic rings. The Morgan fingerprint density at radius 2 is 2.50 bits per heavy atom. The molecule has 0 aliphatic heterocycles. The van der Waals surface area contributed by atoms with E-state index in [2.05, 4.69) is 15.0 Å². The molecule has 7 nitrogen and oxygen atoms in total. The first kappa shape index (κ1) is 14.7. The molecule has 1 rings (SSSR count). The summed E-state index contributed by atoms with van der Waals surface area (Å²) >= 11 is 2.86. The third kappa shape index (κ3) is 4.90. The minimum atomic E-state index is -0.617. The molecule has 18 heavy (non-hydrogen) atoms. The van der Waals surface area contributed by atoms with Gasteiger partial charge in [-0.05, 0) is 0 Å². The van der Waals surface area contributed by atoms with E-state index in [0.717, 1.165) is 5.69 Å². The average molecular weight is 289 g/mol. The first-order chi connectivity index (χ1) is 8.52. The van der Waals surface area contributed by atoms with Crippen LogP contribution in [0.2, 0.25) is 0 Å². The lowest BCUT2D eigenvalue weighted by molar-refractivity contribution is -0.141. The zero-order chi connectivity index (χ0) is 13.5. The number of nitrogens with two attached hydrogens (primary N) is 2. The average Bonchev–Trinajstić information content (AvgIpc) is 2.74. The normalized spacial score (nSPS) is 11.9. The lowest BCUT2D eigenvalue weighted by Gasteiger charge is -2.07. The minimum Gasteiger partial charge on any atom is -0.468 e. The Labute approximate surface area is 113 Å². The number of carbonyl (C=O) groups excluding carboxylic acids is 1. The molecule has 0 saturated heterocycles. The fourth-order valence-corrected chi connectivity index (χ4v) is 2.75. The summed E-state index contributed by atoms with van der Waals surface area (Å²) < 4.78 is 4.52. The van der Waals surface area contributed by atoms with Crippen LogP contribution in [0.4, 0.5) is 5.13 Å². The first-order valence-electron chi connectivity index (χ1n) is 4.99. The first-order valence-corrected chi connectivity index (χ1v) is 7.03. The standard InChI is InChI=1S/C9H15N5O2S2/c1-16-7(15)6(10)4-17-2-5-3-18-9(13-5)14-8(11)12/h3,6H,2,4,10H2,1H3,(H4,11,12,13,14). The van der Waals surface area contributed by atoms with Crippen LogP contribution >= 0.6 is 23.1 Å². The predicted molar refractivity (Wildman–Crippen MR) is 73.8 cm³/mol. The summed E-state index contributed by atoms with van der Waals surface area (Å²) in [7, 11) is 1.31. The second kappa shape index (κ2) is 7.19. The molecule has 6 N–H and O–H groups in total. The highest BCUT2D eigenvalue weighted by Gasteiger charge is 2.13. The maximum absolute atomic E-state index is 11.1. The van der Waals surface area contributed by atoms with Crippen molar-refractivity contribution in [1.82, 2.24) is 4.98 Å². The Morgan fingerprint density at radius 3 is 3.11 bits per heavy atom. The smallest absolute Gasteiger partial charge is 0.323 e. The number of nitrogens with zero attached hydrogens (tertiary/aromatic N) is 1. The van der Waals surface area contributed by atoms with Crippen LogP contribution in [0.25, 0.3) is 0 Å². The Kier molecular flexibility index (Phi) is 5.89. The van der Waals surface area contributed by atoms with Gasteiger partial charge in [-0.3, -0.25) is 10.2 Å². The van der Waals surface area contributed by atoms with Gasteiger partial charge in [0.15, 0.2) is 11.1 Å². The molecule has 1 unspecified atom stereocenters. The molecule has 1 atom stereocenters. The molecule has 0 saturated carbocycles. The van der Waals surface area contributed by atoms with Crippen LogP contribution in [-0.4, -0.2) is 35.8 Å². The fourth-order valence-electron chi connectivity index (χ4n) is 1.06. The molecule has 1 aromatic heterocycles. The van der Waals surface area contributed by atoms with Crippen molar-refractivity contribution in [1.29, 1.82) is 5.41 Å². The van der Waals surface area contributed by atoms with E-state index in [1.165, 1.54) is 30.2 Å². The SMILES string of the molecule is COC(=O)C(N)CSCc1csc(NC(=N)N)n1. The number of methoxy groups -OCH3 is 1. The van der Waals surface area contributed by atoms with Gasteiger partial charge in [0, 0.05) is 16.9 Å². The summed E-state index contributed by atoms with van der Waals surface area (Å²) in [5.41, 5.74) is 11.6. The van der Waals surface area contributed by atoms with Gasteiger partial charge in [-0.25, -0.2) is 4.98 Å². The lowest BCUT2D eigenvalue weighted by atomic mass is 10.4. The molecule has 9 heteroatoms. The van der Waals surface area contributed by atoms with Crippen LogP contribution in [0.1, 0.15) is 5.69 Å². The van der Waals surface area contributed by atoms with Crippen molar-refractivity contribution < 1.29 is 9.53 Å². The van der Waals surface area contributed by atoms with E-state index >= 15 is 0 Å². The third-order valence-electron chi connectivity index (χ3n) is 1.84. The number of nitrogens with one attached hydrogen (secondary N) is 2. The molecule has 0 amide bonds. The summed E-state index contributed by atoms with van der Waals surface area (Å²) in [4.78, 5) is 15.3. The number of carbonyl (C=O) groups is 1. The van der Waals surface area contributed by atoms with Gasteiger partial charge in [0.25, 0.3) is 0 Å². The van der Waals surface area contributed by atoms with Crippen LogP contribution in [0, 0.1) is 5.41 Å². The largest absolute Gasteiger partial charge is 0.468 e. The van der Waals surface area contributed by atoms with Crippen molar-refractivity contribution >= 4 is 40.2 Å². The zero-order valence-corrected chi connectivity index (χ0v) is 11.4. The van der Waals surface area contributed by atoms with Crippen molar-refractivity contribution in [3.63, 3.8) is 0 Å². The molecule has 0 aliphatic carbocycles. The number of ether oxygens (including phenoxy) is 1. The second-order valence-electron chi connectivity index (χ2n) is 3.33. The second-order valence-corrected chi connectivity index (χ2v) is 5.22. The maximum atomic E-state index is 11.1. The van der Waals surface area contributed by atoms with E-state index in [-0.39, 0.29) is 5.96 Å². The fraction of sp³-hybridized carbons (Fsp3) is 0.444. The number of thiazole rings is 1. The zero-order valence-electron chi connectivity index (χ0n) is 9.80. The van der Waals surface area contributed by atoms with Crippen molar-refractivity contribution in [2.75, 3.05) is 18.2 Å². The topological polar surface area (TPSA) is 127 Å². The Hall–Kier alpha value is -1.32. The van der Waals surface area contributed by atoms with Crippen LogP contribution in [0.5, 0.6) is 0 Å². The Balaban J connectivity index is 2.33. The van der Waals surface area contributed by atoms with E-state index in [0.29, 0.717) is 16.6 Å². The van der Waals surface area contributed by atoms with Gasteiger partial charge in [0.05, 0.1) is 12.8 Å². The number of anilines is 1. The number of rotatable bonds is 6. The molecular weight excluding hydrogens is 274 g/mol. The van der Waals surface area contributed by atoms with E-state index < -0.39 is 12.0 Å². The van der Waals surface area contributed by atoms with Gasteiger partial charge in [0.1, 0.15) is 6.04 Å². The minimum absolute atomic E-state index is 0.142. The number of thioether (sulfide) groups is 1. The van der Waals surface area contributed by atoms with Gasteiger partial charge in [-0.1, -0.05) is 0 Å². The molecular formula is C9H15N5O2S2. The van der Waals surface area contributed by atoms with Crippen LogP contribution in [-0.2, 0) is 15.3 Å². The van der Waals surface area contributed by atoms with Gasteiger partial charge >= 0.3 is 5.97 Å². The number of guanidine groups is 1. The van der Waals surface area contributed by atoms with Crippen LogP contribution in [0.15, 0.2) is 5.38 Å². The van der Waals surface area contributed by atoms with E-state index in [1.54, 1.807) is 0 Å². The number of esters is 1. The lowest BCUT2D eigenvalue weighted by Crippen LogP contribution is -2.33. The summed E-state index contributed by atoms with van der Waals surface area (Å²) in [5.74, 6) is 0.552. The molecule has 0 fully saturated rings. The highest BCUT2D eigenvalue weighted by Crippen LogP contribution is 2.19. The van der Waals surface area contributed by atoms with E-state index in [4.69, 9.17) is 16.9 Å². The van der Waals surface area contributed by atoms with E-state index in [9.17, 15) is 4.79 Å². The van der Waals surface area contributed by atoms with Crippen molar-refractivity contribution in [3.8, 4) is 0 Å². The van der Waals surface area contributed by atoms with Crippen molar-refractivity contribution in [2.45, 2.75) is 11.8 Å². The quantitative estimate of drug-likeness (QED) is 0.334. The number of aromatic nitrogens is 1. The highest BCUT2D eigenvalue weighted by molar-refractivity contribution is 7.98. The summed E-state index contributed by atoms with van der Waals surface area (Å²) in [6.07, 6.45) is 0. The monoisotopic (exact) mass is 289 g/mol. The summed E-state index contributed by atoms with van der Waals surface area (Å²) in [6.45, 7) is 0. The van der Waals surface area contributed by atoms with E-state index in [1.807, 2.05) is 5.38 Å². The molecule has 1 aromatic rings. The number of hydrogen-bond donors (Lipinski definition) is 4. The molecule has 1 heterocycles. The maximum Gasteiger partial charge on any atom is 0.323 e. The predicted octanol–water partition coefficient (Wildman–Crippen LogP) is 0.182. The molecule has 0 aromatic carbocycles. The van der Waals surface area contributed by atoms with Crippen molar-refractivity contribution in [2.24, 2.45) is 11.5 Å². The molecule has 0 radical (unpaired) electrons.